The number of aromatic hydroxyl groups is 1. The van der Waals surface area contributed by atoms with Crippen LogP contribution in [0.3, 0.4) is 0 Å². The van der Waals surface area contributed by atoms with Crippen LogP contribution in [-0.4, -0.2) is 33.5 Å². The van der Waals surface area contributed by atoms with E-state index in [0.29, 0.717) is 22.8 Å². The van der Waals surface area contributed by atoms with Gasteiger partial charge in [-0.25, -0.2) is 9.37 Å². The van der Waals surface area contributed by atoms with Crippen LogP contribution in [0.25, 0.3) is 0 Å². The van der Waals surface area contributed by atoms with Crippen LogP contribution in [0.2, 0.25) is 0 Å². The van der Waals surface area contributed by atoms with Crippen LogP contribution in [0.1, 0.15) is 29.7 Å². The van der Waals surface area contributed by atoms with Gasteiger partial charge >= 0.3 is 0 Å². The molecule has 6 nitrogen and oxygen atoms in total. The SMILES string of the molecule is Nc1nc(CC(=O)Nc2ccc(CN3CCC[C@@H]3Cc3cccc(F)c3O)cc2)cs1. The van der Waals surface area contributed by atoms with Crippen molar-refractivity contribution < 1.29 is 14.3 Å². The van der Waals surface area contributed by atoms with Gasteiger partial charge in [0.15, 0.2) is 16.7 Å². The number of amides is 1. The van der Waals surface area contributed by atoms with Crippen molar-refractivity contribution in [2.75, 3.05) is 17.6 Å². The van der Waals surface area contributed by atoms with Gasteiger partial charge in [-0.05, 0) is 55.1 Å². The van der Waals surface area contributed by atoms with Gasteiger partial charge in [0, 0.05) is 23.7 Å². The van der Waals surface area contributed by atoms with Crippen LogP contribution < -0.4 is 11.1 Å². The molecule has 0 saturated carbocycles. The maximum atomic E-state index is 13.6. The van der Waals surface area contributed by atoms with Crippen molar-refractivity contribution in [2.24, 2.45) is 0 Å². The molecule has 2 heterocycles. The van der Waals surface area contributed by atoms with Crippen LogP contribution in [0, 0.1) is 5.82 Å². The summed E-state index contributed by atoms with van der Waals surface area (Å²) in [6, 6.07) is 12.8. The highest BCUT2D eigenvalue weighted by Crippen LogP contribution is 2.28. The molecule has 8 heteroatoms. The van der Waals surface area contributed by atoms with Gasteiger partial charge in [-0.3, -0.25) is 9.69 Å². The lowest BCUT2D eigenvalue weighted by atomic mass is 10.0. The normalized spacial score (nSPS) is 16.5. The number of nitrogens with zero attached hydrogens (tertiary/aromatic N) is 2. The number of rotatable bonds is 7. The van der Waals surface area contributed by atoms with Crippen LogP contribution >= 0.6 is 11.3 Å². The smallest absolute Gasteiger partial charge is 0.230 e. The number of phenols is 1. The molecule has 1 aliphatic heterocycles. The lowest BCUT2D eigenvalue weighted by Crippen LogP contribution is -2.30. The molecule has 1 aliphatic rings. The number of carbonyl (C=O) groups is 1. The Morgan fingerprint density at radius 3 is 2.84 bits per heavy atom. The second-order valence-corrected chi connectivity index (χ2v) is 8.71. The van der Waals surface area contributed by atoms with E-state index >= 15 is 0 Å². The molecule has 0 spiro atoms. The molecular formula is C23H25FN4O2S. The average molecular weight is 441 g/mol. The van der Waals surface area contributed by atoms with E-state index in [2.05, 4.69) is 15.2 Å². The zero-order valence-electron chi connectivity index (χ0n) is 17.1. The second-order valence-electron chi connectivity index (χ2n) is 7.82. The molecule has 4 rings (SSSR count). The lowest BCUT2D eigenvalue weighted by Gasteiger charge is -2.25. The molecule has 1 saturated heterocycles. The number of nitrogens with one attached hydrogen (secondary N) is 1. The quantitative estimate of drug-likeness (QED) is 0.517. The molecule has 1 amide bonds. The summed E-state index contributed by atoms with van der Waals surface area (Å²) in [5.74, 6) is -0.944. The third kappa shape index (κ3) is 5.39. The number of hydrogen-bond acceptors (Lipinski definition) is 6. The molecule has 1 atom stereocenters. The molecular weight excluding hydrogens is 415 g/mol. The van der Waals surface area contributed by atoms with Crippen molar-refractivity contribution in [2.45, 2.75) is 38.3 Å². The van der Waals surface area contributed by atoms with Gasteiger partial charge in [0.1, 0.15) is 0 Å². The van der Waals surface area contributed by atoms with E-state index in [1.807, 2.05) is 24.3 Å². The summed E-state index contributed by atoms with van der Waals surface area (Å²) < 4.78 is 13.6. The summed E-state index contributed by atoms with van der Waals surface area (Å²) >= 11 is 1.32. The first-order chi connectivity index (χ1) is 15.0. The van der Waals surface area contributed by atoms with E-state index in [4.69, 9.17) is 5.73 Å². The van der Waals surface area contributed by atoms with E-state index in [1.165, 1.54) is 17.4 Å². The van der Waals surface area contributed by atoms with E-state index in [-0.39, 0.29) is 24.1 Å². The molecule has 31 heavy (non-hydrogen) atoms. The first kappa shape index (κ1) is 21.3. The molecule has 4 N–H and O–H groups in total. The Balaban J connectivity index is 1.33. The Morgan fingerprint density at radius 1 is 1.29 bits per heavy atom. The number of thiazole rings is 1. The van der Waals surface area contributed by atoms with Gasteiger partial charge in [-0.2, -0.15) is 0 Å². The van der Waals surface area contributed by atoms with E-state index in [0.717, 1.165) is 37.2 Å². The van der Waals surface area contributed by atoms with Gasteiger partial charge in [-0.15, -0.1) is 11.3 Å². The molecule has 1 aromatic heterocycles. The third-order valence-electron chi connectivity index (χ3n) is 5.56. The fraction of sp³-hybridized carbons (Fsp3) is 0.304. The van der Waals surface area contributed by atoms with E-state index < -0.39 is 5.82 Å². The number of likely N-dealkylation sites (tertiary alicyclic amines) is 1. The third-order valence-corrected chi connectivity index (χ3v) is 6.28. The van der Waals surface area contributed by atoms with Crippen molar-refractivity contribution in [1.29, 1.82) is 0 Å². The minimum Gasteiger partial charge on any atom is -0.505 e. The number of nitrogen functional groups attached to an aromatic ring is 1. The average Bonchev–Trinajstić information content (AvgIpc) is 3.35. The van der Waals surface area contributed by atoms with Crippen LogP contribution in [-0.2, 0) is 24.2 Å². The number of benzene rings is 2. The Morgan fingerprint density at radius 2 is 2.10 bits per heavy atom. The summed E-state index contributed by atoms with van der Waals surface area (Å²) in [6.45, 7) is 1.74. The largest absolute Gasteiger partial charge is 0.505 e. The number of phenolic OH excluding ortho intramolecular Hbond substituents is 1. The van der Waals surface area contributed by atoms with Gasteiger partial charge in [0.25, 0.3) is 0 Å². The van der Waals surface area contributed by atoms with Gasteiger partial charge in [0.2, 0.25) is 5.91 Å². The zero-order chi connectivity index (χ0) is 21.8. The van der Waals surface area contributed by atoms with E-state index in [1.54, 1.807) is 17.5 Å². The summed E-state index contributed by atoms with van der Waals surface area (Å²) in [7, 11) is 0. The fourth-order valence-electron chi connectivity index (χ4n) is 4.01. The maximum absolute atomic E-state index is 13.6. The Labute approximate surface area is 184 Å². The highest BCUT2D eigenvalue weighted by Gasteiger charge is 2.26. The highest BCUT2D eigenvalue weighted by atomic mass is 32.1. The van der Waals surface area contributed by atoms with Crippen LogP contribution in [0.4, 0.5) is 15.2 Å². The lowest BCUT2D eigenvalue weighted by molar-refractivity contribution is -0.115. The minimum atomic E-state index is -0.571. The zero-order valence-corrected chi connectivity index (χ0v) is 17.9. The molecule has 1 fully saturated rings. The summed E-state index contributed by atoms with van der Waals surface area (Å²) in [6.07, 6.45) is 2.91. The number of anilines is 2. The van der Waals surface area contributed by atoms with Crippen LogP contribution in [0.15, 0.2) is 47.8 Å². The Hall–Kier alpha value is -2.97. The predicted molar refractivity (Wildman–Crippen MR) is 121 cm³/mol. The monoisotopic (exact) mass is 440 g/mol. The number of halogens is 1. The molecule has 162 valence electrons. The van der Waals surface area contributed by atoms with Gasteiger partial charge < -0.3 is 16.2 Å². The molecule has 0 unspecified atom stereocenters. The van der Waals surface area contributed by atoms with Crippen molar-refractivity contribution >= 4 is 28.1 Å². The first-order valence-corrected chi connectivity index (χ1v) is 11.1. The summed E-state index contributed by atoms with van der Waals surface area (Å²) in [5.41, 5.74) is 8.79. The number of nitrogens with two attached hydrogens (primary N) is 1. The molecule has 0 aliphatic carbocycles. The highest BCUT2D eigenvalue weighted by molar-refractivity contribution is 7.13. The summed E-state index contributed by atoms with van der Waals surface area (Å²) in [4.78, 5) is 18.7. The fourth-order valence-corrected chi connectivity index (χ4v) is 4.58. The van der Waals surface area contributed by atoms with Crippen molar-refractivity contribution in [3.05, 3.63) is 70.5 Å². The number of carbonyl (C=O) groups excluding carboxylic acids is 1. The predicted octanol–water partition coefficient (Wildman–Crippen LogP) is 3.96. The molecule has 2 aromatic carbocycles. The minimum absolute atomic E-state index is 0.132. The number of hydrogen-bond donors (Lipinski definition) is 3. The Bertz CT molecular complexity index is 1050. The van der Waals surface area contributed by atoms with Crippen molar-refractivity contribution in [3.63, 3.8) is 0 Å². The van der Waals surface area contributed by atoms with Crippen molar-refractivity contribution in [3.8, 4) is 5.75 Å². The first-order valence-electron chi connectivity index (χ1n) is 10.3. The molecule has 0 radical (unpaired) electrons. The van der Waals surface area contributed by atoms with Gasteiger partial charge in [-0.1, -0.05) is 24.3 Å². The topological polar surface area (TPSA) is 91.5 Å². The van der Waals surface area contributed by atoms with Gasteiger partial charge in [0.05, 0.1) is 12.1 Å². The number of para-hydroxylation sites is 1. The van der Waals surface area contributed by atoms with E-state index in [9.17, 15) is 14.3 Å². The standard InChI is InChI=1S/C23H25FN4O2S/c24-20-5-1-3-16(22(20)30)11-19-4-2-10-28(19)13-15-6-8-17(9-7-15)26-21(29)12-18-14-31-23(25)27-18/h1,3,5-9,14,19,30H,2,4,10-13H2,(H2,25,27)(H,26,29)/t19-/m1/s1. The Kier molecular flexibility index (Phi) is 6.48. The summed E-state index contributed by atoms with van der Waals surface area (Å²) in [5, 5.41) is 15.1. The molecule has 0 bridgehead atoms. The number of aromatic nitrogens is 1. The van der Waals surface area contributed by atoms with Crippen LogP contribution in [0.5, 0.6) is 5.75 Å². The second kappa shape index (κ2) is 9.45. The molecule has 3 aromatic rings. The maximum Gasteiger partial charge on any atom is 0.230 e. The van der Waals surface area contributed by atoms with Crippen molar-refractivity contribution in [1.82, 2.24) is 9.88 Å².